The van der Waals surface area contributed by atoms with E-state index in [9.17, 15) is 0 Å². The van der Waals surface area contributed by atoms with Crippen LogP contribution in [-0.2, 0) is 5.41 Å². The largest absolute Gasteiger partial charge is 0.393 e. The maximum atomic E-state index is 6.16. The first-order valence-electron chi connectivity index (χ1n) is 7.48. The lowest BCUT2D eigenvalue weighted by Gasteiger charge is -2.22. The molecule has 20 heavy (non-hydrogen) atoms. The van der Waals surface area contributed by atoms with E-state index in [0.717, 1.165) is 5.82 Å². The van der Waals surface area contributed by atoms with Gasteiger partial charge in [0.1, 0.15) is 11.5 Å². The van der Waals surface area contributed by atoms with Crippen LogP contribution in [0.25, 0.3) is 0 Å². The van der Waals surface area contributed by atoms with Gasteiger partial charge in [0.2, 0.25) is 0 Å². The zero-order valence-electron chi connectivity index (χ0n) is 12.7. The molecule has 4 nitrogen and oxygen atoms in total. The third kappa shape index (κ3) is 3.75. The summed E-state index contributed by atoms with van der Waals surface area (Å²) in [6.45, 7) is 6.22. The molecular formula is C15H25ClN4. The average Bonchev–Trinajstić information content (AvgIpc) is 2.62. The van der Waals surface area contributed by atoms with Gasteiger partial charge in [0.25, 0.3) is 0 Å². The molecule has 0 atom stereocenters. The lowest BCUT2D eigenvalue weighted by Crippen LogP contribution is -2.23. The van der Waals surface area contributed by atoms with Crippen molar-refractivity contribution in [3.8, 4) is 0 Å². The minimum atomic E-state index is -0.142. The monoisotopic (exact) mass is 296 g/mol. The summed E-state index contributed by atoms with van der Waals surface area (Å²) in [6, 6.07) is 0.443. The Bertz CT molecular complexity index is 460. The highest BCUT2D eigenvalue weighted by Crippen LogP contribution is 2.30. The Labute approximate surface area is 126 Å². The van der Waals surface area contributed by atoms with Crippen LogP contribution in [0.15, 0.2) is 0 Å². The number of rotatable bonds is 2. The topological polar surface area (TPSA) is 63.8 Å². The van der Waals surface area contributed by atoms with Gasteiger partial charge in [0.15, 0.2) is 11.0 Å². The van der Waals surface area contributed by atoms with Crippen LogP contribution >= 0.6 is 11.6 Å². The molecule has 0 bridgehead atoms. The van der Waals surface area contributed by atoms with Crippen molar-refractivity contribution >= 4 is 23.1 Å². The van der Waals surface area contributed by atoms with Crippen molar-refractivity contribution < 1.29 is 0 Å². The number of anilines is 2. The SMILES string of the molecule is CC(C)(C)c1nc(Cl)c(N)c(NC2CCCCCC2)n1. The molecule has 0 aromatic carbocycles. The van der Waals surface area contributed by atoms with Crippen LogP contribution in [0.5, 0.6) is 0 Å². The number of nitrogens with two attached hydrogens (primary N) is 1. The van der Waals surface area contributed by atoms with Crippen molar-refractivity contribution in [1.82, 2.24) is 9.97 Å². The Kier molecular flexibility index (Phi) is 4.74. The van der Waals surface area contributed by atoms with E-state index in [4.69, 9.17) is 17.3 Å². The number of halogens is 1. The first-order chi connectivity index (χ1) is 9.38. The predicted molar refractivity (Wildman–Crippen MR) is 85.3 cm³/mol. The van der Waals surface area contributed by atoms with Gasteiger partial charge in [-0.25, -0.2) is 9.97 Å². The standard InChI is InChI=1S/C15H25ClN4/c1-15(2,3)14-19-12(16)11(17)13(20-14)18-10-8-6-4-5-7-9-10/h10H,4-9,17H2,1-3H3,(H,18,19,20). The quantitative estimate of drug-likeness (QED) is 0.636. The van der Waals surface area contributed by atoms with Crippen molar-refractivity contribution in [1.29, 1.82) is 0 Å². The van der Waals surface area contributed by atoms with Crippen molar-refractivity contribution in [2.24, 2.45) is 0 Å². The summed E-state index contributed by atoms with van der Waals surface area (Å²) >= 11 is 6.16. The van der Waals surface area contributed by atoms with E-state index in [-0.39, 0.29) is 5.41 Å². The van der Waals surface area contributed by atoms with E-state index in [0.29, 0.717) is 22.7 Å². The Hall–Kier alpha value is -1.03. The summed E-state index contributed by atoms with van der Waals surface area (Å²) in [5, 5.41) is 3.83. The molecule has 1 saturated carbocycles. The number of hydrogen-bond donors (Lipinski definition) is 2. The van der Waals surface area contributed by atoms with Gasteiger partial charge in [-0.1, -0.05) is 58.1 Å². The van der Waals surface area contributed by atoms with E-state index in [1.54, 1.807) is 0 Å². The summed E-state index contributed by atoms with van der Waals surface area (Å²) in [5.41, 5.74) is 6.35. The summed E-state index contributed by atoms with van der Waals surface area (Å²) in [7, 11) is 0. The third-order valence-electron chi connectivity index (χ3n) is 3.77. The Morgan fingerprint density at radius 2 is 1.70 bits per heavy atom. The molecule has 1 fully saturated rings. The van der Waals surface area contributed by atoms with Gasteiger partial charge >= 0.3 is 0 Å². The average molecular weight is 297 g/mol. The maximum Gasteiger partial charge on any atom is 0.157 e. The van der Waals surface area contributed by atoms with Gasteiger partial charge in [-0.05, 0) is 12.8 Å². The molecule has 1 aromatic rings. The van der Waals surface area contributed by atoms with Crippen molar-refractivity contribution in [2.75, 3.05) is 11.1 Å². The Balaban J connectivity index is 2.23. The molecule has 0 amide bonds. The van der Waals surface area contributed by atoms with Crippen LogP contribution in [0, 0.1) is 0 Å². The minimum Gasteiger partial charge on any atom is -0.393 e. The van der Waals surface area contributed by atoms with Gasteiger partial charge < -0.3 is 11.1 Å². The fourth-order valence-corrected chi connectivity index (χ4v) is 2.67. The molecule has 1 aliphatic carbocycles. The van der Waals surface area contributed by atoms with Crippen LogP contribution in [0.2, 0.25) is 5.15 Å². The highest BCUT2D eigenvalue weighted by Gasteiger charge is 2.22. The summed E-state index contributed by atoms with van der Waals surface area (Å²) < 4.78 is 0. The first-order valence-corrected chi connectivity index (χ1v) is 7.86. The number of aromatic nitrogens is 2. The van der Waals surface area contributed by atoms with Gasteiger partial charge in [0.05, 0.1) is 0 Å². The van der Waals surface area contributed by atoms with E-state index >= 15 is 0 Å². The predicted octanol–water partition coefficient (Wildman–Crippen LogP) is 4.14. The van der Waals surface area contributed by atoms with Gasteiger partial charge in [0, 0.05) is 11.5 Å². The summed E-state index contributed by atoms with van der Waals surface area (Å²) in [4.78, 5) is 8.90. The number of nitrogens with zero attached hydrogens (tertiary/aromatic N) is 2. The molecule has 1 heterocycles. The van der Waals surface area contributed by atoms with E-state index in [1.807, 2.05) is 0 Å². The first kappa shape index (κ1) is 15.4. The zero-order chi connectivity index (χ0) is 14.8. The normalized spacial score (nSPS) is 17.8. The van der Waals surface area contributed by atoms with Crippen molar-refractivity contribution in [2.45, 2.75) is 70.8 Å². The van der Waals surface area contributed by atoms with Crippen LogP contribution in [0.4, 0.5) is 11.5 Å². The fraction of sp³-hybridized carbons (Fsp3) is 0.733. The Morgan fingerprint density at radius 1 is 1.10 bits per heavy atom. The molecule has 112 valence electrons. The van der Waals surface area contributed by atoms with Gasteiger partial charge in [-0.15, -0.1) is 0 Å². The fourth-order valence-electron chi connectivity index (χ4n) is 2.50. The third-order valence-corrected chi connectivity index (χ3v) is 4.05. The molecule has 0 unspecified atom stereocenters. The highest BCUT2D eigenvalue weighted by molar-refractivity contribution is 6.32. The highest BCUT2D eigenvalue weighted by atomic mass is 35.5. The Morgan fingerprint density at radius 3 is 2.25 bits per heavy atom. The molecule has 1 aliphatic rings. The minimum absolute atomic E-state index is 0.142. The second kappa shape index (κ2) is 6.17. The zero-order valence-corrected chi connectivity index (χ0v) is 13.4. The van der Waals surface area contributed by atoms with Gasteiger partial charge in [-0.3, -0.25) is 0 Å². The van der Waals surface area contributed by atoms with Gasteiger partial charge in [-0.2, -0.15) is 0 Å². The smallest absolute Gasteiger partial charge is 0.157 e. The molecule has 0 spiro atoms. The molecule has 5 heteroatoms. The van der Waals surface area contributed by atoms with Crippen LogP contribution < -0.4 is 11.1 Å². The molecule has 1 aromatic heterocycles. The van der Waals surface area contributed by atoms with Crippen LogP contribution in [0.1, 0.15) is 65.1 Å². The molecule has 3 N–H and O–H groups in total. The molecule has 2 rings (SSSR count). The van der Waals surface area contributed by atoms with Crippen LogP contribution in [-0.4, -0.2) is 16.0 Å². The van der Waals surface area contributed by atoms with Crippen molar-refractivity contribution in [3.05, 3.63) is 11.0 Å². The van der Waals surface area contributed by atoms with E-state index in [2.05, 4.69) is 36.1 Å². The number of hydrogen-bond acceptors (Lipinski definition) is 4. The molecule has 0 saturated heterocycles. The van der Waals surface area contributed by atoms with E-state index < -0.39 is 0 Å². The second-order valence-corrected chi connectivity index (χ2v) is 7.04. The lowest BCUT2D eigenvalue weighted by atomic mass is 9.96. The van der Waals surface area contributed by atoms with Crippen LogP contribution in [0.3, 0.4) is 0 Å². The van der Waals surface area contributed by atoms with E-state index in [1.165, 1.54) is 38.5 Å². The maximum absolute atomic E-state index is 6.16. The molecule has 0 radical (unpaired) electrons. The summed E-state index contributed by atoms with van der Waals surface area (Å²) in [5.74, 6) is 1.43. The lowest BCUT2D eigenvalue weighted by molar-refractivity contribution is 0.544. The van der Waals surface area contributed by atoms with Crippen molar-refractivity contribution in [3.63, 3.8) is 0 Å². The number of nitrogens with one attached hydrogen (secondary N) is 1. The molecule has 0 aliphatic heterocycles. The number of nitrogen functional groups attached to an aromatic ring is 1. The second-order valence-electron chi connectivity index (χ2n) is 6.68. The summed E-state index contributed by atoms with van der Waals surface area (Å²) in [6.07, 6.45) is 7.53. The molecular weight excluding hydrogens is 272 g/mol.